The molecular formula is C17H23N5O4. The third kappa shape index (κ3) is 5.56. The van der Waals surface area contributed by atoms with E-state index in [2.05, 4.69) is 10.0 Å². The summed E-state index contributed by atoms with van der Waals surface area (Å²) in [6, 6.07) is 9.27. The molecule has 1 aliphatic rings. The van der Waals surface area contributed by atoms with Crippen molar-refractivity contribution >= 4 is 12.2 Å². The zero-order valence-corrected chi connectivity index (χ0v) is 15.2. The molecule has 26 heavy (non-hydrogen) atoms. The zero-order chi connectivity index (χ0) is 19.2. The van der Waals surface area contributed by atoms with Gasteiger partial charge in [0.2, 0.25) is 0 Å². The van der Waals surface area contributed by atoms with Crippen molar-refractivity contribution in [1.29, 1.82) is 0 Å². The van der Waals surface area contributed by atoms with Gasteiger partial charge in [-0.25, -0.2) is 9.59 Å². The number of piperazine rings is 1. The molecule has 1 unspecified atom stereocenters. The van der Waals surface area contributed by atoms with Crippen molar-refractivity contribution in [3.05, 3.63) is 46.3 Å². The Hall–Kier alpha value is -2.93. The molecule has 0 bridgehead atoms. The molecule has 1 atom stereocenters. The highest BCUT2D eigenvalue weighted by atomic mass is 16.6. The van der Waals surface area contributed by atoms with Crippen LogP contribution in [0.3, 0.4) is 0 Å². The van der Waals surface area contributed by atoms with E-state index in [1.54, 1.807) is 20.8 Å². The number of hydrogen-bond acceptors (Lipinski definition) is 5. The zero-order valence-electron chi connectivity index (χ0n) is 15.2. The minimum Gasteiger partial charge on any atom is -0.445 e. The van der Waals surface area contributed by atoms with Gasteiger partial charge in [-0.1, -0.05) is 35.4 Å². The number of nitrogens with zero attached hydrogens (tertiary/aromatic N) is 5. The van der Waals surface area contributed by atoms with Gasteiger partial charge in [0, 0.05) is 18.0 Å². The van der Waals surface area contributed by atoms with Gasteiger partial charge in [-0.2, -0.15) is 0 Å². The second-order valence-corrected chi connectivity index (χ2v) is 6.85. The molecule has 2 rings (SSSR count). The van der Waals surface area contributed by atoms with Crippen molar-refractivity contribution in [1.82, 2.24) is 9.80 Å². The summed E-state index contributed by atoms with van der Waals surface area (Å²) in [7, 11) is 0. The molecule has 9 nitrogen and oxygen atoms in total. The summed E-state index contributed by atoms with van der Waals surface area (Å²) in [6.07, 6.45) is -1.94. The molecule has 9 heteroatoms. The van der Waals surface area contributed by atoms with Crippen LogP contribution >= 0.6 is 0 Å². The molecule has 0 aromatic heterocycles. The van der Waals surface area contributed by atoms with Gasteiger partial charge in [-0.05, 0) is 31.9 Å². The summed E-state index contributed by atoms with van der Waals surface area (Å²) < 4.78 is 10.6. The quantitative estimate of drug-likeness (QED) is 0.466. The molecule has 0 N–H and O–H groups in total. The number of rotatable bonds is 3. The van der Waals surface area contributed by atoms with E-state index in [1.165, 1.54) is 9.80 Å². The Kier molecular flexibility index (Phi) is 6.30. The summed E-state index contributed by atoms with van der Waals surface area (Å²) in [6.45, 7) is 5.95. The Morgan fingerprint density at radius 3 is 2.54 bits per heavy atom. The Morgan fingerprint density at radius 2 is 1.92 bits per heavy atom. The molecule has 1 aromatic carbocycles. The van der Waals surface area contributed by atoms with Crippen molar-refractivity contribution in [3.63, 3.8) is 0 Å². The van der Waals surface area contributed by atoms with Crippen LogP contribution in [0.15, 0.2) is 35.4 Å². The highest BCUT2D eigenvalue weighted by Gasteiger charge is 2.34. The highest BCUT2D eigenvalue weighted by Crippen LogP contribution is 2.17. The summed E-state index contributed by atoms with van der Waals surface area (Å²) in [4.78, 5) is 30.1. The predicted molar refractivity (Wildman–Crippen MR) is 94.1 cm³/mol. The Bertz CT molecular complexity index is 682. The number of hydrogen-bond donors (Lipinski definition) is 0. The molecule has 1 aromatic rings. The number of ether oxygens (including phenoxy) is 2. The first-order chi connectivity index (χ1) is 12.3. The number of carbonyl (C=O) groups excluding carboxylic acids is 2. The second-order valence-electron chi connectivity index (χ2n) is 6.85. The van der Waals surface area contributed by atoms with Gasteiger partial charge >= 0.3 is 12.2 Å². The van der Waals surface area contributed by atoms with Gasteiger partial charge in [0.25, 0.3) is 0 Å². The lowest BCUT2D eigenvalue weighted by Crippen LogP contribution is -2.56. The molecule has 1 heterocycles. The maximum Gasteiger partial charge on any atom is 0.410 e. The molecular weight excluding hydrogens is 338 g/mol. The van der Waals surface area contributed by atoms with E-state index < -0.39 is 24.0 Å². The van der Waals surface area contributed by atoms with Gasteiger partial charge < -0.3 is 14.4 Å². The van der Waals surface area contributed by atoms with Gasteiger partial charge in [0.05, 0.1) is 6.54 Å². The van der Waals surface area contributed by atoms with Crippen LogP contribution in [0.2, 0.25) is 0 Å². The summed E-state index contributed by atoms with van der Waals surface area (Å²) in [5.41, 5.74) is 9.01. The lowest BCUT2D eigenvalue weighted by molar-refractivity contribution is 0.00197. The van der Waals surface area contributed by atoms with Crippen LogP contribution in [-0.4, -0.2) is 53.4 Å². The van der Waals surface area contributed by atoms with Crippen molar-refractivity contribution in [2.24, 2.45) is 5.11 Å². The van der Waals surface area contributed by atoms with E-state index in [-0.39, 0.29) is 26.2 Å². The molecule has 0 spiro atoms. The Morgan fingerprint density at radius 1 is 1.23 bits per heavy atom. The van der Waals surface area contributed by atoms with Crippen LogP contribution in [0.1, 0.15) is 26.3 Å². The SMILES string of the molecule is CC(C)(C)OC(=O)N1CCN(C(=O)OCc2ccccc2)C(N=[N+]=[N-])C1. The van der Waals surface area contributed by atoms with Crippen LogP contribution in [0.25, 0.3) is 10.4 Å². The Labute approximate surface area is 152 Å². The van der Waals surface area contributed by atoms with Crippen molar-refractivity contribution in [3.8, 4) is 0 Å². The van der Waals surface area contributed by atoms with Gasteiger partial charge in [0.15, 0.2) is 0 Å². The van der Waals surface area contributed by atoms with Crippen molar-refractivity contribution < 1.29 is 19.1 Å². The van der Waals surface area contributed by atoms with E-state index in [9.17, 15) is 9.59 Å². The maximum absolute atomic E-state index is 12.3. The van der Waals surface area contributed by atoms with Gasteiger partial charge in [-0.3, -0.25) is 4.90 Å². The number of azide groups is 1. The average molecular weight is 361 g/mol. The van der Waals surface area contributed by atoms with E-state index >= 15 is 0 Å². The largest absolute Gasteiger partial charge is 0.445 e. The standard InChI is InChI=1S/C17H23N5O4/c1-17(2,3)26-15(23)21-9-10-22(14(11-21)19-20-18)16(24)25-12-13-7-5-4-6-8-13/h4-8,14H,9-12H2,1-3H3. The lowest BCUT2D eigenvalue weighted by atomic mass is 10.2. The number of benzene rings is 1. The van der Waals surface area contributed by atoms with Crippen LogP contribution in [0.4, 0.5) is 9.59 Å². The molecule has 0 saturated carbocycles. The fourth-order valence-electron chi connectivity index (χ4n) is 2.43. The van der Waals surface area contributed by atoms with Crippen molar-refractivity contribution in [2.75, 3.05) is 19.6 Å². The summed E-state index contributed by atoms with van der Waals surface area (Å²) in [5, 5.41) is 3.63. The smallest absolute Gasteiger partial charge is 0.410 e. The fraction of sp³-hybridized carbons (Fsp3) is 0.529. The highest BCUT2D eigenvalue weighted by molar-refractivity contribution is 5.71. The lowest BCUT2D eigenvalue weighted by Gasteiger charge is -2.38. The summed E-state index contributed by atoms with van der Waals surface area (Å²) in [5.74, 6) is 0. The fourth-order valence-corrected chi connectivity index (χ4v) is 2.43. The first-order valence-corrected chi connectivity index (χ1v) is 8.29. The van der Waals surface area contributed by atoms with Gasteiger partial charge in [-0.15, -0.1) is 0 Å². The molecule has 0 aliphatic carbocycles. The molecule has 1 saturated heterocycles. The van der Waals surface area contributed by atoms with Crippen LogP contribution in [0, 0.1) is 0 Å². The predicted octanol–water partition coefficient (Wildman–Crippen LogP) is 3.51. The van der Waals surface area contributed by atoms with Crippen LogP contribution in [0.5, 0.6) is 0 Å². The van der Waals surface area contributed by atoms with E-state index in [0.717, 1.165) is 5.56 Å². The van der Waals surface area contributed by atoms with Gasteiger partial charge in [0.1, 0.15) is 18.4 Å². The van der Waals surface area contributed by atoms with E-state index in [0.29, 0.717) is 0 Å². The molecule has 140 valence electrons. The second kappa shape index (κ2) is 8.44. The monoisotopic (exact) mass is 361 g/mol. The average Bonchev–Trinajstić information content (AvgIpc) is 2.59. The Balaban J connectivity index is 1.98. The van der Waals surface area contributed by atoms with Crippen molar-refractivity contribution in [2.45, 2.75) is 39.1 Å². The van der Waals surface area contributed by atoms with Crippen LogP contribution < -0.4 is 0 Å². The molecule has 1 fully saturated rings. The molecule has 0 radical (unpaired) electrons. The van der Waals surface area contributed by atoms with E-state index in [1.807, 2.05) is 30.3 Å². The number of carbonyl (C=O) groups is 2. The summed E-state index contributed by atoms with van der Waals surface area (Å²) >= 11 is 0. The first-order valence-electron chi connectivity index (χ1n) is 8.29. The maximum atomic E-state index is 12.3. The van der Waals surface area contributed by atoms with Crippen LogP contribution in [-0.2, 0) is 16.1 Å². The third-order valence-electron chi connectivity index (χ3n) is 3.63. The molecule has 1 aliphatic heterocycles. The minimum atomic E-state index is -0.843. The number of amides is 2. The third-order valence-corrected chi connectivity index (χ3v) is 3.63. The normalized spacial score (nSPS) is 17.3. The first kappa shape index (κ1) is 19.4. The minimum absolute atomic E-state index is 0.0550. The van der Waals surface area contributed by atoms with E-state index in [4.69, 9.17) is 15.0 Å². The topological polar surface area (TPSA) is 108 Å². The molecule has 2 amide bonds.